The van der Waals surface area contributed by atoms with Gasteiger partial charge in [0.1, 0.15) is 0 Å². The number of piperidine rings is 1. The number of hydrogen-bond acceptors (Lipinski definition) is 3. The van der Waals surface area contributed by atoms with E-state index < -0.39 is 23.5 Å². The zero-order chi connectivity index (χ0) is 25.9. The molecule has 2 aromatic carbocycles. The first-order valence-electron chi connectivity index (χ1n) is 12.0. The van der Waals surface area contributed by atoms with Crippen LogP contribution in [0.25, 0.3) is 0 Å². The molecule has 3 rings (SSSR count). The highest BCUT2D eigenvalue weighted by atomic mass is 35.5. The fraction of sp³-hybridized carbons (Fsp3) is 0.464. The summed E-state index contributed by atoms with van der Waals surface area (Å²) in [6, 6.07) is 13.6. The quantitative estimate of drug-likeness (QED) is 0.391. The average molecular weight is 518 g/mol. The van der Waals surface area contributed by atoms with Crippen LogP contribution in [-0.2, 0) is 14.4 Å². The van der Waals surface area contributed by atoms with Gasteiger partial charge in [-0.2, -0.15) is 0 Å². The van der Waals surface area contributed by atoms with Crippen LogP contribution in [-0.4, -0.2) is 33.7 Å². The molecular weight excluding hydrogens is 485 g/mol. The number of halogens is 2. The zero-order valence-electron chi connectivity index (χ0n) is 20.6. The molecule has 5 nitrogen and oxygen atoms in total. The highest BCUT2D eigenvalue weighted by Crippen LogP contribution is 2.52. The van der Waals surface area contributed by atoms with E-state index in [1.54, 1.807) is 30.0 Å². The molecule has 1 aliphatic heterocycles. The van der Waals surface area contributed by atoms with Gasteiger partial charge in [-0.15, -0.1) is 0 Å². The van der Waals surface area contributed by atoms with Crippen LogP contribution in [0, 0.1) is 11.3 Å². The van der Waals surface area contributed by atoms with Crippen LogP contribution in [0.4, 0.5) is 0 Å². The first-order chi connectivity index (χ1) is 16.5. The monoisotopic (exact) mass is 517 g/mol. The summed E-state index contributed by atoms with van der Waals surface area (Å²) in [7, 11) is 0. The number of aliphatic carboxylic acids is 1. The summed E-state index contributed by atoms with van der Waals surface area (Å²) < 4.78 is 0. The van der Waals surface area contributed by atoms with Crippen molar-refractivity contribution < 1.29 is 19.5 Å². The Kier molecular flexibility index (Phi) is 8.66. The Hall–Kier alpha value is -2.37. The Balaban J connectivity index is 2.25. The van der Waals surface area contributed by atoms with Gasteiger partial charge < -0.3 is 10.0 Å². The van der Waals surface area contributed by atoms with Crippen molar-refractivity contribution in [3.05, 3.63) is 69.7 Å². The highest BCUT2D eigenvalue weighted by Gasteiger charge is 2.53. The molecule has 2 aromatic rings. The summed E-state index contributed by atoms with van der Waals surface area (Å²) in [6.07, 6.45) is 0.776. The van der Waals surface area contributed by atoms with Gasteiger partial charge >= 0.3 is 5.97 Å². The first kappa shape index (κ1) is 27.2. The second-order valence-corrected chi connectivity index (χ2v) is 11.1. The number of hydrogen-bond donors (Lipinski definition) is 1. The molecule has 0 spiro atoms. The summed E-state index contributed by atoms with van der Waals surface area (Å²) >= 11 is 12.5. The lowest BCUT2D eigenvalue weighted by molar-refractivity contribution is -0.162. The number of Topliss-reactive ketones (excluding diaryl/α,β-unsaturated/α-hetero) is 1. The van der Waals surface area contributed by atoms with Crippen LogP contribution in [0.15, 0.2) is 48.5 Å². The van der Waals surface area contributed by atoms with Crippen molar-refractivity contribution >= 4 is 40.9 Å². The fourth-order valence-electron chi connectivity index (χ4n) is 5.34. The Morgan fingerprint density at radius 3 is 2.29 bits per heavy atom. The Morgan fingerprint density at radius 1 is 1.09 bits per heavy atom. The number of carbonyl (C=O) groups excluding carboxylic acids is 2. The van der Waals surface area contributed by atoms with Gasteiger partial charge in [0.15, 0.2) is 5.78 Å². The Bertz CT molecular complexity index is 1080. The third-order valence-electron chi connectivity index (χ3n) is 6.84. The van der Waals surface area contributed by atoms with Crippen molar-refractivity contribution in [3.8, 4) is 0 Å². The molecular formula is C28H33Cl2NO4. The third kappa shape index (κ3) is 6.07. The topological polar surface area (TPSA) is 74.7 Å². The molecule has 1 saturated heterocycles. The molecule has 1 aliphatic rings. The number of rotatable bonds is 9. The van der Waals surface area contributed by atoms with E-state index in [0.29, 0.717) is 29.3 Å². The fourth-order valence-corrected chi connectivity index (χ4v) is 5.67. The van der Waals surface area contributed by atoms with E-state index >= 15 is 0 Å². The second kappa shape index (κ2) is 11.1. The lowest BCUT2D eigenvalue weighted by atomic mass is 9.66. The first-order valence-corrected chi connectivity index (χ1v) is 12.8. The minimum atomic E-state index is -1.17. The molecule has 0 unspecified atom stereocenters. The predicted octanol–water partition coefficient (Wildman–Crippen LogP) is 6.93. The van der Waals surface area contributed by atoms with Gasteiger partial charge in [0.05, 0.1) is 23.9 Å². The molecule has 1 N–H and O–H groups in total. The number of amides is 1. The van der Waals surface area contributed by atoms with Gasteiger partial charge in [0, 0.05) is 22.4 Å². The molecule has 0 aromatic heterocycles. The summed E-state index contributed by atoms with van der Waals surface area (Å²) in [5.41, 5.74) is 0.575. The zero-order valence-corrected chi connectivity index (χ0v) is 22.1. The van der Waals surface area contributed by atoms with Crippen LogP contribution in [0.3, 0.4) is 0 Å². The molecule has 1 amide bonds. The number of carboxylic acids is 1. The van der Waals surface area contributed by atoms with E-state index in [2.05, 4.69) is 0 Å². The molecule has 4 atom stereocenters. The number of likely N-dealkylation sites (tertiary alicyclic amines) is 1. The van der Waals surface area contributed by atoms with Crippen molar-refractivity contribution in [3.63, 3.8) is 0 Å². The van der Waals surface area contributed by atoms with Gasteiger partial charge in [0.25, 0.3) is 0 Å². The molecule has 188 valence electrons. The summed E-state index contributed by atoms with van der Waals surface area (Å²) in [5, 5.41) is 10.8. The van der Waals surface area contributed by atoms with Crippen molar-refractivity contribution in [2.45, 2.75) is 71.4 Å². The average Bonchev–Trinajstić information content (AvgIpc) is 2.77. The van der Waals surface area contributed by atoms with Gasteiger partial charge in [-0.1, -0.05) is 75.2 Å². The number of ketones is 1. The highest BCUT2D eigenvalue weighted by molar-refractivity contribution is 6.30. The van der Waals surface area contributed by atoms with Crippen LogP contribution >= 0.6 is 23.2 Å². The largest absolute Gasteiger partial charge is 0.481 e. The number of carbonyl (C=O) groups is 3. The molecule has 0 saturated carbocycles. The van der Waals surface area contributed by atoms with E-state index in [4.69, 9.17) is 23.2 Å². The predicted molar refractivity (Wildman–Crippen MR) is 139 cm³/mol. The second-order valence-electron chi connectivity index (χ2n) is 10.2. The molecule has 35 heavy (non-hydrogen) atoms. The number of nitrogens with zero attached hydrogens (tertiary/aromatic N) is 1. The molecule has 0 bridgehead atoms. The van der Waals surface area contributed by atoms with Crippen molar-refractivity contribution in [2.75, 3.05) is 0 Å². The maximum Gasteiger partial charge on any atom is 0.304 e. The van der Waals surface area contributed by atoms with E-state index in [1.807, 2.05) is 51.1 Å². The lowest BCUT2D eigenvalue weighted by Crippen LogP contribution is -2.58. The smallest absolute Gasteiger partial charge is 0.304 e. The van der Waals surface area contributed by atoms with E-state index in [1.165, 1.54) is 0 Å². The van der Waals surface area contributed by atoms with Crippen LogP contribution < -0.4 is 0 Å². The SMILES string of the molecule is CC[C@@H](C(=O)CC(C)C)N1C(=O)[C@](C)(CC(=O)O)C[C@H](c2cccc(Cl)c2)[C@H]1c1ccc(Cl)cc1. The minimum Gasteiger partial charge on any atom is -0.481 e. The maximum atomic E-state index is 14.1. The number of benzene rings is 2. The normalized spacial score (nSPS) is 23.4. The standard InChI is InChI=1S/C28H33Cl2NO4/c1-5-23(24(32)13-17(2)3)31-26(18-9-11-20(29)12-10-18)22(19-7-6-8-21(30)14-19)15-28(4,27(31)35)16-25(33)34/h6-12,14,17,22-23,26H,5,13,15-16H2,1-4H3,(H,33,34)/t22-,23+,26-,28+/m1/s1. The molecule has 0 radical (unpaired) electrons. The number of carboxylic acid groups (broad SMARTS) is 1. The molecule has 1 fully saturated rings. The van der Waals surface area contributed by atoms with Gasteiger partial charge in [-0.05, 0) is 54.2 Å². The van der Waals surface area contributed by atoms with Crippen molar-refractivity contribution in [1.29, 1.82) is 0 Å². The Labute approximate surface area is 217 Å². The summed E-state index contributed by atoms with van der Waals surface area (Å²) in [5.74, 6) is -1.49. The third-order valence-corrected chi connectivity index (χ3v) is 7.32. The molecule has 0 aliphatic carbocycles. The van der Waals surface area contributed by atoms with Crippen LogP contribution in [0.1, 0.15) is 76.5 Å². The summed E-state index contributed by atoms with van der Waals surface area (Å²) in [4.78, 5) is 41.1. The summed E-state index contributed by atoms with van der Waals surface area (Å²) in [6.45, 7) is 7.55. The van der Waals surface area contributed by atoms with Crippen molar-refractivity contribution in [1.82, 2.24) is 4.90 Å². The van der Waals surface area contributed by atoms with Crippen LogP contribution in [0.5, 0.6) is 0 Å². The van der Waals surface area contributed by atoms with E-state index in [9.17, 15) is 19.5 Å². The van der Waals surface area contributed by atoms with Gasteiger partial charge in [-0.3, -0.25) is 14.4 Å². The van der Waals surface area contributed by atoms with Gasteiger partial charge in [0.2, 0.25) is 5.91 Å². The van der Waals surface area contributed by atoms with E-state index in [-0.39, 0.29) is 29.9 Å². The minimum absolute atomic E-state index is 0.0146. The molecule has 1 heterocycles. The molecule has 7 heteroatoms. The van der Waals surface area contributed by atoms with Gasteiger partial charge in [-0.25, -0.2) is 0 Å². The lowest BCUT2D eigenvalue weighted by Gasteiger charge is -2.51. The van der Waals surface area contributed by atoms with E-state index in [0.717, 1.165) is 11.1 Å². The van der Waals surface area contributed by atoms with Crippen LogP contribution in [0.2, 0.25) is 10.0 Å². The maximum absolute atomic E-state index is 14.1. The van der Waals surface area contributed by atoms with Crippen molar-refractivity contribution in [2.24, 2.45) is 11.3 Å². The Morgan fingerprint density at radius 2 is 1.74 bits per heavy atom.